The van der Waals surface area contributed by atoms with Crippen LogP contribution in [0.5, 0.6) is 0 Å². The van der Waals surface area contributed by atoms with Crippen molar-refractivity contribution >= 4 is 40.6 Å². The molecule has 0 fully saturated rings. The van der Waals surface area contributed by atoms with Crippen LogP contribution in [-0.2, 0) is 9.59 Å². The largest absolute Gasteiger partial charge is 0.478 e. The van der Waals surface area contributed by atoms with Gasteiger partial charge in [-0.1, -0.05) is 30.0 Å². The van der Waals surface area contributed by atoms with Crippen LogP contribution in [-0.4, -0.2) is 36.9 Å². The maximum Gasteiger partial charge on any atom is 0.327 e. The van der Waals surface area contributed by atoms with E-state index in [1.54, 1.807) is 0 Å². The Balaban J connectivity index is 0. The van der Waals surface area contributed by atoms with E-state index in [1.807, 2.05) is 10.8 Å². The second kappa shape index (κ2) is 12.1. The zero-order chi connectivity index (χ0) is 13.0. The molecule has 16 heavy (non-hydrogen) atoms. The van der Waals surface area contributed by atoms with Crippen LogP contribution < -0.4 is 0 Å². The molecule has 90 valence electrons. The zero-order valence-electron chi connectivity index (χ0n) is 8.67. The normalized spacial score (nSPS) is 15.9. The van der Waals surface area contributed by atoms with Gasteiger partial charge in [0.1, 0.15) is 0 Å². The fraction of sp³-hybridized carbons (Fsp3) is 0.111. The van der Waals surface area contributed by atoms with Crippen LogP contribution in [0, 0.1) is 0 Å². The fourth-order valence-electron chi connectivity index (χ4n) is 0.313. The Morgan fingerprint density at radius 1 is 1.31 bits per heavy atom. The van der Waals surface area contributed by atoms with Crippen LogP contribution >= 0.6 is 19.7 Å². The molecule has 0 aromatic rings. The highest BCUT2D eigenvalue weighted by Gasteiger charge is 1.89. The van der Waals surface area contributed by atoms with Gasteiger partial charge < -0.3 is 10.2 Å². The van der Waals surface area contributed by atoms with Gasteiger partial charge in [-0.15, -0.1) is 8.92 Å². The average Bonchev–Trinajstić information content (AvgIpc) is 2.71. The van der Waals surface area contributed by atoms with Crippen molar-refractivity contribution in [2.45, 2.75) is 0 Å². The van der Waals surface area contributed by atoms with E-state index in [4.69, 9.17) is 10.2 Å². The molecule has 0 saturated carbocycles. The monoisotopic (exact) mass is 278 g/mol. The smallest absolute Gasteiger partial charge is 0.327 e. The van der Waals surface area contributed by atoms with Crippen molar-refractivity contribution in [2.75, 3.05) is 5.75 Å². The lowest BCUT2D eigenvalue weighted by atomic mass is 10.7. The molecule has 0 amide bonds. The number of rotatable bonds is 2. The topological polar surface area (TPSA) is 74.6 Å². The van der Waals surface area contributed by atoms with Crippen LogP contribution in [0.2, 0.25) is 0 Å². The van der Waals surface area contributed by atoms with Gasteiger partial charge in [0, 0.05) is 26.9 Å². The van der Waals surface area contributed by atoms with Gasteiger partial charge in [0.15, 0.2) is 0 Å². The molecule has 7 heteroatoms. The van der Waals surface area contributed by atoms with Gasteiger partial charge >= 0.3 is 11.9 Å². The highest BCUT2D eigenvalue weighted by Crippen LogP contribution is 2.34. The molecule has 1 aliphatic heterocycles. The molecule has 1 rings (SSSR count). The molecule has 0 aliphatic carbocycles. The number of hydrogen-bond acceptors (Lipinski definition) is 3. The Labute approximate surface area is 103 Å². The van der Waals surface area contributed by atoms with Crippen LogP contribution in [0.15, 0.2) is 36.8 Å². The summed E-state index contributed by atoms with van der Waals surface area (Å²) in [5, 5.41) is 17.5. The molecule has 0 aromatic heterocycles. The molecule has 1 atom stereocenters. The molecule has 0 aromatic carbocycles. The van der Waals surface area contributed by atoms with Crippen molar-refractivity contribution in [3.05, 3.63) is 36.8 Å². The van der Waals surface area contributed by atoms with E-state index in [2.05, 4.69) is 33.6 Å². The highest BCUT2D eigenvalue weighted by molar-refractivity contribution is 8.86. The van der Waals surface area contributed by atoms with E-state index in [0.717, 1.165) is 12.2 Å². The summed E-state index contributed by atoms with van der Waals surface area (Å²) in [5.41, 5.74) is 0. The molecule has 1 unspecified atom stereocenters. The summed E-state index contributed by atoms with van der Waals surface area (Å²) in [7, 11) is 4.68. The minimum atomic E-state index is -0.981. The molecular formula is C9H14O4S2Si. The van der Waals surface area contributed by atoms with E-state index < -0.39 is 11.9 Å². The van der Waals surface area contributed by atoms with Gasteiger partial charge in [0.05, 0.1) is 0 Å². The number of carbonyl (C=O) groups is 2. The van der Waals surface area contributed by atoms with Crippen molar-refractivity contribution in [3.8, 4) is 0 Å². The van der Waals surface area contributed by atoms with E-state index in [1.165, 1.54) is 5.75 Å². The molecule has 1 heterocycles. The number of carboxylic acids is 2. The van der Waals surface area contributed by atoms with Gasteiger partial charge in [-0.25, -0.2) is 9.59 Å². The van der Waals surface area contributed by atoms with Gasteiger partial charge in [0.25, 0.3) is 0 Å². The van der Waals surface area contributed by atoms with Crippen LogP contribution in [0.1, 0.15) is 0 Å². The fourth-order valence-corrected chi connectivity index (χ4v) is 3.68. The van der Waals surface area contributed by atoms with Crippen molar-refractivity contribution < 1.29 is 19.8 Å². The Bertz CT molecular complexity index is 295. The first-order chi connectivity index (χ1) is 7.43. The molecule has 0 radical (unpaired) electrons. The first-order valence-electron chi connectivity index (χ1n) is 3.97. The Kier molecular flexibility index (Phi) is 13.3. The predicted octanol–water partition coefficient (Wildman–Crippen LogP) is 1.49. The SMILES string of the molecule is C=CC(=O)O.C=CC(=O)O.[SiH2]=S1C=CCS1. The summed E-state index contributed by atoms with van der Waals surface area (Å²) in [6.45, 7) is 5.92. The van der Waals surface area contributed by atoms with Crippen LogP contribution in [0.25, 0.3) is 0 Å². The molecule has 0 saturated heterocycles. The maximum atomic E-state index is 9.25. The molecule has 4 nitrogen and oxygen atoms in total. The zero-order valence-corrected chi connectivity index (χ0v) is 11.7. The van der Waals surface area contributed by atoms with Crippen molar-refractivity contribution in [2.24, 2.45) is 0 Å². The average molecular weight is 278 g/mol. The predicted molar refractivity (Wildman–Crippen MR) is 73.4 cm³/mol. The third kappa shape index (κ3) is 18.8. The lowest BCUT2D eigenvalue weighted by Gasteiger charge is -1.82. The Hall–Kier alpha value is -0.923. The first kappa shape index (κ1) is 17.5. The third-order valence-electron chi connectivity index (χ3n) is 0.913. The first-order valence-corrected chi connectivity index (χ1v) is 8.66. The maximum absolute atomic E-state index is 9.25. The third-order valence-corrected chi connectivity index (χ3v) is 5.77. The molecule has 2 N–H and O–H groups in total. The second-order valence-corrected chi connectivity index (χ2v) is 8.84. The van der Waals surface area contributed by atoms with Crippen LogP contribution in [0.4, 0.5) is 0 Å². The summed E-state index contributed by atoms with van der Waals surface area (Å²) in [6, 6.07) is 0. The highest BCUT2D eigenvalue weighted by atomic mass is 33.2. The lowest BCUT2D eigenvalue weighted by Crippen LogP contribution is -1.82. The van der Waals surface area contributed by atoms with Crippen molar-refractivity contribution in [1.82, 2.24) is 0 Å². The minimum Gasteiger partial charge on any atom is -0.478 e. The van der Waals surface area contributed by atoms with E-state index >= 15 is 0 Å². The summed E-state index contributed by atoms with van der Waals surface area (Å²) in [5.74, 6) is -0.720. The number of carboxylic acid groups (broad SMARTS) is 2. The van der Waals surface area contributed by atoms with E-state index in [0.29, 0.717) is 8.92 Å². The van der Waals surface area contributed by atoms with Gasteiger partial charge in [-0.3, -0.25) is 0 Å². The van der Waals surface area contributed by atoms with Crippen molar-refractivity contribution in [1.29, 1.82) is 0 Å². The standard InChI is InChI=1S/2C3H4O2.C3H6S2Si/c2*1-2-3(4)5;6-5-3-1-2-4-5/h2*2H,1H2,(H,4,5);1,3H,2,6H2. The summed E-state index contributed by atoms with van der Waals surface area (Å²) in [4.78, 5) is 18.5. The van der Waals surface area contributed by atoms with Crippen LogP contribution in [0.3, 0.4) is 0 Å². The lowest BCUT2D eigenvalue weighted by molar-refractivity contribution is -0.132. The van der Waals surface area contributed by atoms with Gasteiger partial charge in [-0.2, -0.15) is 0 Å². The summed E-state index contributed by atoms with van der Waals surface area (Å²) >= 11 is 0. The summed E-state index contributed by atoms with van der Waals surface area (Å²) < 4.78 is 0. The molecular weight excluding hydrogens is 264 g/mol. The van der Waals surface area contributed by atoms with E-state index in [9.17, 15) is 9.59 Å². The van der Waals surface area contributed by atoms with Gasteiger partial charge in [0.2, 0.25) is 0 Å². The molecule has 0 bridgehead atoms. The molecule has 1 aliphatic rings. The molecule has 0 spiro atoms. The Morgan fingerprint density at radius 2 is 1.69 bits per heavy atom. The van der Waals surface area contributed by atoms with E-state index in [-0.39, 0.29) is 0 Å². The second-order valence-electron chi connectivity index (χ2n) is 2.12. The van der Waals surface area contributed by atoms with Crippen molar-refractivity contribution in [3.63, 3.8) is 0 Å². The van der Waals surface area contributed by atoms with Gasteiger partial charge in [-0.05, 0) is 5.41 Å². The quantitative estimate of drug-likeness (QED) is 0.455. The summed E-state index contributed by atoms with van der Waals surface area (Å²) in [6.07, 6.45) is 3.90. The number of hydrogen-bond donors (Lipinski definition) is 2. The minimum absolute atomic E-state index is 0.591. The Morgan fingerprint density at radius 3 is 1.75 bits per heavy atom. The number of aliphatic carboxylic acids is 2.